The number of nitrogens with one attached hydrogen (secondary N) is 1. The van der Waals surface area contributed by atoms with Crippen LogP contribution in [0.4, 0.5) is 4.79 Å². The Morgan fingerprint density at radius 2 is 1.27 bits per heavy atom. The summed E-state index contributed by atoms with van der Waals surface area (Å²) in [4.78, 5) is 22.3. The minimum absolute atomic E-state index is 0.0446. The van der Waals surface area contributed by atoms with Crippen LogP contribution in [0, 0.1) is 0 Å². The molecule has 0 radical (unpaired) electrons. The van der Waals surface area contributed by atoms with Crippen molar-refractivity contribution >= 4 is 12.1 Å². The number of carboxylic acid groups (broad SMARTS) is 1. The van der Waals surface area contributed by atoms with Gasteiger partial charge in [0.15, 0.2) is 0 Å². The van der Waals surface area contributed by atoms with E-state index >= 15 is 0 Å². The molecular weight excluding hydrogens is 330 g/mol. The Morgan fingerprint density at radius 1 is 0.808 bits per heavy atom. The van der Waals surface area contributed by atoms with Crippen molar-refractivity contribution in [2.75, 3.05) is 6.61 Å². The zero-order valence-electron chi connectivity index (χ0n) is 17.1. The summed E-state index contributed by atoms with van der Waals surface area (Å²) in [5.41, 5.74) is 0. The van der Waals surface area contributed by atoms with Gasteiger partial charge in [-0.25, -0.2) is 4.79 Å². The van der Waals surface area contributed by atoms with E-state index in [1.54, 1.807) is 6.92 Å². The highest BCUT2D eigenvalue weighted by Gasteiger charge is 2.16. The van der Waals surface area contributed by atoms with Crippen LogP contribution in [0.5, 0.6) is 0 Å². The van der Waals surface area contributed by atoms with Crippen molar-refractivity contribution in [3.05, 3.63) is 0 Å². The summed E-state index contributed by atoms with van der Waals surface area (Å²) in [6.07, 6.45) is 16.9. The Labute approximate surface area is 160 Å². The summed E-state index contributed by atoms with van der Waals surface area (Å²) >= 11 is 0. The summed E-state index contributed by atoms with van der Waals surface area (Å²) in [6, 6.07) is -0.334. The van der Waals surface area contributed by atoms with Gasteiger partial charge in [-0.05, 0) is 13.3 Å². The molecule has 0 aliphatic carbocycles. The van der Waals surface area contributed by atoms with Gasteiger partial charge in [0.25, 0.3) is 0 Å². The highest BCUT2D eigenvalue weighted by atomic mass is 16.5. The first-order chi connectivity index (χ1) is 12.6. The van der Waals surface area contributed by atoms with Crippen molar-refractivity contribution in [2.24, 2.45) is 0 Å². The number of hydrogen-bond acceptors (Lipinski definition) is 3. The molecule has 1 atom stereocenters. The van der Waals surface area contributed by atoms with Crippen molar-refractivity contribution in [3.63, 3.8) is 0 Å². The molecule has 26 heavy (non-hydrogen) atoms. The van der Waals surface area contributed by atoms with Crippen LogP contribution in [0.2, 0.25) is 0 Å². The topological polar surface area (TPSA) is 75.6 Å². The lowest BCUT2D eigenvalue weighted by Gasteiger charge is -2.16. The first kappa shape index (κ1) is 24.7. The summed E-state index contributed by atoms with van der Waals surface area (Å²) in [6.45, 7) is 4.28. The second-order valence-corrected chi connectivity index (χ2v) is 7.19. The number of carbonyl (C=O) groups is 2. The number of rotatable bonds is 18. The standard InChI is InChI=1S/C21H41NO4/c1-3-5-6-7-8-9-10-11-12-13-14-15-16-17-19(18-20(23)24)22-21(25)26-4-2/h19H,3-18H2,1-2H3,(H,22,25)(H,23,24). The predicted octanol–water partition coefficient (Wildman–Crippen LogP) is 6.06. The van der Waals surface area contributed by atoms with E-state index in [4.69, 9.17) is 9.84 Å². The Bertz CT molecular complexity index is 347. The van der Waals surface area contributed by atoms with E-state index in [9.17, 15) is 9.59 Å². The molecule has 0 spiro atoms. The molecule has 2 N–H and O–H groups in total. The van der Waals surface area contributed by atoms with E-state index in [0.29, 0.717) is 13.0 Å². The van der Waals surface area contributed by atoms with E-state index in [-0.39, 0.29) is 12.5 Å². The fourth-order valence-corrected chi connectivity index (χ4v) is 3.18. The van der Waals surface area contributed by atoms with Crippen LogP contribution in [0.25, 0.3) is 0 Å². The summed E-state index contributed by atoms with van der Waals surface area (Å²) < 4.78 is 4.83. The molecule has 0 fully saturated rings. The number of alkyl carbamates (subject to hydrolysis) is 1. The Hall–Kier alpha value is -1.26. The van der Waals surface area contributed by atoms with Crippen LogP contribution in [-0.4, -0.2) is 29.8 Å². The van der Waals surface area contributed by atoms with Gasteiger partial charge in [0.2, 0.25) is 0 Å². The van der Waals surface area contributed by atoms with Crippen LogP contribution in [0.15, 0.2) is 0 Å². The van der Waals surface area contributed by atoms with Gasteiger partial charge in [-0.1, -0.05) is 90.4 Å². The summed E-state index contributed by atoms with van der Waals surface area (Å²) in [5, 5.41) is 11.6. The molecule has 0 saturated carbocycles. The van der Waals surface area contributed by atoms with Gasteiger partial charge in [-0.3, -0.25) is 4.79 Å². The highest BCUT2D eigenvalue weighted by Crippen LogP contribution is 2.14. The number of carbonyl (C=O) groups excluding carboxylic acids is 1. The molecule has 0 aromatic rings. The number of ether oxygens (including phenoxy) is 1. The zero-order chi connectivity index (χ0) is 19.5. The molecule has 0 aliphatic rings. The first-order valence-corrected chi connectivity index (χ1v) is 10.7. The van der Waals surface area contributed by atoms with Crippen molar-refractivity contribution in [3.8, 4) is 0 Å². The van der Waals surface area contributed by atoms with E-state index in [0.717, 1.165) is 12.8 Å². The average Bonchev–Trinajstić information content (AvgIpc) is 2.58. The maximum Gasteiger partial charge on any atom is 0.407 e. The van der Waals surface area contributed by atoms with Crippen LogP contribution in [0.3, 0.4) is 0 Å². The second kappa shape index (κ2) is 18.5. The maximum atomic E-state index is 11.4. The molecule has 154 valence electrons. The lowest BCUT2D eigenvalue weighted by atomic mass is 10.0. The lowest BCUT2D eigenvalue weighted by molar-refractivity contribution is -0.137. The van der Waals surface area contributed by atoms with E-state index in [1.807, 2.05) is 0 Å². The van der Waals surface area contributed by atoms with E-state index < -0.39 is 12.1 Å². The largest absolute Gasteiger partial charge is 0.481 e. The minimum atomic E-state index is -0.888. The molecule has 0 saturated heterocycles. The second-order valence-electron chi connectivity index (χ2n) is 7.19. The molecule has 1 unspecified atom stereocenters. The van der Waals surface area contributed by atoms with Crippen LogP contribution < -0.4 is 5.32 Å². The van der Waals surface area contributed by atoms with E-state index in [1.165, 1.54) is 70.6 Å². The van der Waals surface area contributed by atoms with Crippen LogP contribution in [-0.2, 0) is 9.53 Å². The van der Waals surface area contributed by atoms with Crippen molar-refractivity contribution in [2.45, 2.75) is 116 Å². The molecule has 0 bridgehead atoms. The van der Waals surface area contributed by atoms with Gasteiger partial charge in [0, 0.05) is 6.04 Å². The fraction of sp³-hybridized carbons (Fsp3) is 0.905. The number of amides is 1. The quantitative estimate of drug-likeness (QED) is 0.287. The van der Waals surface area contributed by atoms with Crippen LogP contribution >= 0.6 is 0 Å². The summed E-state index contributed by atoms with van der Waals surface area (Å²) in [5.74, 6) is -0.888. The Morgan fingerprint density at radius 3 is 1.69 bits per heavy atom. The highest BCUT2D eigenvalue weighted by molar-refractivity contribution is 5.71. The lowest BCUT2D eigenvalue weighted by Crippen LogP contribution is -2.36. The van der Waals surface area contributed by atoms with Crippen molar-refractivity contribution in [1.29, 1.82) is 0 Å². The molecule has 0 heterocycles. The molecule has 5 nitrogen and oxygen atoms in total. The van der Waals surface area contributed by atoms with Gasteiger partial charge < -0.3 is 15.2 Å². The molecule has 0 aliphatic heterocycles. The predicted molar refractivity (Wildman–Crippen MR) is 107 cm³/mol. The smallest absolute Gasteiger partial charge is 0.407 e. The van der Waals surface area contributed by atoms with E-state index in [2.05, 4.69) is 12.2 Å². The van der Waals surface area contributed by atoms with Crippen molar-refractivity contribution < 1.29 is 19.4 Å². The molecule has 5 heteroatoms. The summed E-state index contributed by atoms with van der Waals surface area (Å²) in [7, 11) is 0. The van der Waals surface area contributed by atoms with Gasteiger partial charge in [0.05, 0.1) is 13.0 Å². The number of carboxylic acids is 1. The monoisotopic (exact) mass is 371 g/mol. The number of aliphatic carboxylic acids is 1. The Balaban J connectivity index is 3.54. The van der Waals surface area contributed by atoms with Crippen molar-refractivity contribution in [1.82, 2.24) is 5.32 Å². The number of hydrogen-bond donors (Lipinski definition) is 2. The Kier molecular flexibility index (Phi) is 17.6. The van der Waals surface area contributed by atoms with Gasteiger partial charge in [0.1, 0.15) is 0 Å². The normalized spacial score (nSPS) is 11.9. The molecular formula is C21H41NO4. The molecule has 0 rings (SSSR count). The average molecular weight is 372 g/mol. The fourth-order valence-electron chi connectivity index (χ4n) is 3.18. The third-order valence-corrected chi connectivity index (χ3v) is 4.67. The van der Waals surface area contributed by atoms with Gasteiger partial charge in [-0.2, -0.15) is 0 Å². The SMILES string of the molecule is CCCCCCCCCCCCCCCC(CC(=O)O)NC(=O)OCC. The van der Waals surface area contributed by atoms with Gasteiger partial charge in [-0.15, -0.1) is 0 Å². The number of unbranched alkanes of at least 4 members (excludes halogenated alkanes) is 12. The molecule has 0 aromatic heterocycles. The minimum Gasteiger partial charge on any atom is -0.481 e. The third kappa shape index (κ3) is 17.6. The maximum absolute atomic E-state index is 11.4. The first-order valence-electron chi connectivity index (χ1n) is 10.7. The molecule has 1 amide bonds. The third-order valence-electron chi connectivity index (χ3n) is 4.67. The van der Waals surface area contributed by atoms with Crippen LogP contribution in [0.1, 0.15) is 110 Å². The zero-order valence-corrected chi connectivity index (χ0v) is 17.1. The molecule has 0 aromatic carbocycles. The van der Waals surface area contributed by atoms with Gasteiger partial charge >= 0.3 is 12.1 Å².